The van der Waals surface area contributed by atoms with Gasteiger partial charge >= 0.3 is 0 Å². The summed E-state index contributed by atoms with van der Waals surface area (Å²) in [4.78, 5) is 5.09. The Morgan fingerprint density at radius 3 is 2.11 bits per heavy atom. The van der Waals surface area contributed by atoms with Crippen molar-refractivity contribution in [2.75, 3.05) is 52.4 Å². The van der Waals surface area contributed by atoms with Crippen molar-refractivity contribution in [2.24, 2.45) is 5.73 Å². The molecule has 0 aromatic rings. The van der Waals surface area contributed by atoms with Gasteiger partial charge in [0.2, 0.25) is 0 Å². The summed E-state index contributed by atoms with van der Waals surface area (Å²) < 4.78 is 5.60. The van der Waals surface area contributed by atoms with Crippen LogP contribution in [0.4, 0.5) is 0 Å². The van der Waals surface area contributed by atoms with Crippen LogP contribution in [0, 0.1) is 0 Å². The summed E-state index contributed by atoms with van der Waals surface area (Å²) >= 11 is 0. The summed E-state index contributed by atoms with van der Waals surface area (Å²) in [6.07, 6.45) is 4.10. The van der Waals surface area contributed by atoms with Gasteiger partial charge in [0.25, 0.3) is 0 Å². The number of hydrogen-bond donors (Lipinski definition) is 1. The lowest BCUT2D eigenvalue weighted by molar-refractivity contribution is 0.0446. The van der Waals surface area contributed by atoms with Gasteiger partial charge in [-0.2, -0.15) is 0 Å². The lowest BCUT2D eigenvalue weighted by Gasteiger charge is -2.34. The number of hydrogen-bond acceptors (Lipinski definition) is 4. The van der Waals surface area contributed by atoms with Crippen molar-refractivity contribution in [3.05, 3.63) is 0 Å². The maximum Gasteiger partial charge on any atom is 0.0596 e. The minimum absolute atomic E-state index is 0.355. The summed E-state index contributed by atoms with van der Waals surface area (Å²) in [5, 5.41) is 0. The highest BCUT2D eigenvalue weighted by Crippen LogP contribution is 2.04. The smallest absolute Gasteiger partial charge is 0.0596 e. The number of nitrogens with two attached hydrogens (primary N) is 1. The molecular weight excluding hydrogens is 226 g/mol. The standard InChI is InChI=1S/C14H31N3O/c1-14(2)18-13-12-17-10-8-16(9-11-17)7-5-3-4-6-15/h14H,3-13,15H2,1-2H3. The Morgan fingerprint density at radius 2 is 1.56 bits per heavy atom. The van der Waals surface area contributed by atoms with Gasteiger partial charge in [-0.05, 0) is 39.8 Å². The predicted molar refractivity (Wildman–Crippen MR) is 76.9 cm³/mol. The number of piperazine rings is 1. The maximum absolute atomic E-state index is 5.60. The van der Waals surface area contributed by atoms with Crippen LogP contribution in [0.15, 0.2) is 0 Å². The average Bonchev–Trinajstić information content (AvgIpc) is 2.36. The number of ether oxygens (including phenoxy) is 1. The molecule has 0 bridgehead atoms. The first-order valence-corrected chi connectivity index (χ1v) is 7.48. The van der Waals surface area contributed by atoms with E-state index in [1.807, 2.05) is 0 Å². The lowest BCUT2D eigenvalue weighted by Crippen LogP contribution is -2.47. The SMILES string of the molecule is CC(C)OCCN1CCN(CCCCCN)CC1. The van der Waals surface area contributed by atoms with E-state index in [1.165, 1.54) is 52.0 Å². The molecule has 1 aliphatic rings. The van der Waals surface area contributed by atoms with Gasteiger partial charge in [-0.3, -0.25) is 4.90 Å². The molecule has 1 fully saturated rings. The molecule has 0 aromatic carbocycles. The molecule has 1 aliphatic heterocycles. The molecule has 0 aromatic heterocycles. The van der Waals surface area contributed by atoms with Gasteiger partial charge in [0, 0.05) is 32.7 Å². The van der Waals surface area contributed by atoms with E-state index in [0.29, 0.717) is 6.10 Å². The van der Waals surface area contributed by atoms with Gasteiger partial charge in [0.1, 0.15) is 0 Å². The molecule has 0 amide bonds. The molecule has 1 saturated heterocycles. The minimum atomic E-state index is 0.355. The Bertz CT molecular complexity index is 191. The van der Waals surface area contributed by atoms with Crippen molar-refractivity contribution < 1.29 is 4.74 Å². The zero-order valence-corrected chi connectivity index (χ0v) is 12.2. The van der Waals surface area contributed by atoms with Crippen LogP contribution in [0.2, 0.25) is 0 Å². The van der Waals surface area contributed by atoms with Gasteiger partial charge in [-0.1, -0.05) is 6.42 Å². The molecule has 0 spiro atoms. The Hall–Kier alpha value is -0.160. The van der Waals surface area contributed by atoms with E-state index in [2.05, 4.69) is 23.6 Å². The molecule has 0 saturated carbocycles. The highest BCUT2D eigenvalue weighted by Gasteiger charge is 2.15. The molecule has 1 rings (SSSR count). The normalized spacial score (nSPS) is 18.7. The molecule has 2 N–H and O–H groups in total. The zero-order valence-electron chi connectivity index (χ0n) is 12.2. The van der Waals surface area contributed by atoms with Crippen LogP contribution in [0.3, 0.4) is 0 Å². The third kappa shape index (κ3) is 7.31. The molecule has 0 atom stereocenters. The van der Waals surface area contributed by atoms with Crippen LogP contribution in [-0.2, 0) is 4.74 Å². The second-order valence-corrected chi connectivity index (χ2v) is 5.45. The van der Waals surface area contributed by atoms with E-state index in [9.17, 15) is 0 Å². The summed E-state index contributed by atoms with van der Waals surface area (Å²) in [6, 6.07) is 0. The van der Waals surface area contributed by atoms with Crippen molar-refractivity contribution in [1.82, 2.24) is 9.80 Å². The molecule has 108 valence electrons. The van der Waals surface area contributed by atoms with Gasteiger partial charge in [-0.15, -0.1) is 0 Å². The maximum atomic E-state index is 5.60. The summed E-state index contributed by atoms with van der Waals surface area (Å²) in [7, 11) is 0. The van der Waals surface area contributed by atoms with Gasteiger partial charge in [0.15, 0.2) is 0 Å². The van der Waals surface area contributed by atoms with E-state index in [4.69, 9.17) is 10.5 Å². The van der Waals surface area contributed by atoms with E-state index in [-0.39, 0.29) is 0 Å². The van der Waals surface area contributed by atoms with E-state index < -0.39 is 0 Å². The first-order chi connectivity index (χ1) is 8.72. The fraction of sp³-hybridized carbons (Fsp3) is 1.00. The van der Waals surface area contributed by atoms with Crippen molar-refractivity contribution in [3.8, 4) is 0 Å². The van der Waals surface area contributed by atoms with Crippen molar-refractivity contribution in [1.29, 1.82) is 0 Å². The quantitative estimate of drug-likeness (QED) is 0.629. The molecule has 0 aliphatic carbocycles. The highest BCUT2D eigenvalue weighted by atomic mass is 16.5. The Kier molecular flexibility index (Phi) is 8.59. The first-order valence-electron chi connectivity index (χ1n) is 7.48. The van der Waals surface area contributed by atoms with Crippen LogP contribution < -0.4 is 5.73 Å². The molecule has 18 heavy (non-hydrogen) atoms. The number of rotatable bonds is 9. The second-order valence-electron chi connectivity index (χ2n) is 5.45. The predicted octanol–water partition coefficient (Wildman–Crippen LogP) is 1.16. The number of unbranched alkanes of at least 4 members (excludes halogenated alkanes) is 2. The summed E-state index contributed by atoms with van der Waals surface area (Å²) in [5.74, 6) is 0. The van der Waals surface area contributed by atoms with Crippen molar-refractivity contribution in [3.63, 3.8) is 0 Å². The van der Waals surface area contributed by atoms with Crippen LogP contribution in [0.25, 0.3) is 0 Å². The topological polar surface area (TPSA) is 41.7 Å². The Balaban J connectivity index is 1.98. The Labute approximate surface area is 112 Å². The fourth-order valence-electron chi connectivity index (χ4n) is 2.31. The van der Waals surface area contributed by atoms with E-state index >= 15 is 0 Å². The minimum Gasteiger partial charge on any atom is -0.377 e. The van der Waals surface area contributed by atoms with Crippen LogP contribution in [0.1, 0.15) is 33.1 Å². The van der Waals surface area contributed by atoms with Gasteiger partial charge in [-0.25, -0.2) is 0 Å². The van der Waals surface area contributed by atoms with Gasteiger partial charge < -0.3 is 15.4 Å². The van der Waals surface area contributed by atoms with Crippen molar-refractivity contribution >= 4 is 0 Å². The molecule has 4 nitrogen and oxygen atoms in total. The van der Waals surface area contributed by atoms with Crippen molar-refractivity contribution in [2.45, 2.75) is 39.2 Å². The Morgan fingerprint density at radius 1 is 0.944 bits per heavy atom. The highest BCUT2D eigenvalue weighted by molar-refractivity contribution is 4.71. The largest absolute Gasteiger partial charge is 0.377 e. The third-order valence-electron chi connectivity index (χ3n) is 3.50. The lowest BCUT2D eigenvalue weighted by atomic mass is 10.2. The van der Waals surface area contributed by atoms with Gasteiger partial charge in [0.05, 0.1) is 12.7 Å². The fourth-order valence-corrected chi connectivity index (χ4v) is 2.31. The van der Waals surface area contributed by atoms with Crippen LogP contribution >= 0.6 is 0 Å². The molecule has 1 heterocycles. The molecular formula is C14H31N3O. The number of nitrogens with zero attached hydrogens (tertiary/aromatic N) is 2. The van der Waals surface area contributed by atoms with E-state index in [0.717, 1.165) is 19.7 Å². The van der Waals surface area contributed by atoms with E-state index in [1.54, 1.807) is 0 Å². The first kappa shape index (κ1) is 15.9. The van der Waals surface area contributed by atoms with Crippen LogP contribution in [0.5, 0.6) is 0 Å². The summed E-state index contributed by atoms with van der Waals surface area (Å²) in [5.41, 5.74) is 5.50. The molecule has 0 radical (unpaired) electrons. The molecule has 0 unspecified atom stereocenters. The monoisotopic (exact) mass is 257 g/mol. The van der Waals surface area contributed by atoms with Crippen LogP contribution in [-0.4, -0.2) is 68.3 Å². The third-order valence-corrected chi connectivity index (χ3v) is 3.50. The second kappa shape index (κ2) is 9.73. The zero-order chi connectivity index (χ0) is 13.2. The summed E-state index contributed by atoms with van der Waals surface area (Å²) in [6.45, 7) is 13.0. The average molecular weight is 257 g/mol. The molecule has 4 heteroatoms.